The van der Waals surface area contributed by atoms with E-state index in [1.807, 2.05) is 6.92 Å². The van der Waals surface area contributed by atoms with Gasteiger partial charge in [0, 0.05) is 4.90 Å². The van der Waals surface area contributed by atoms with Crippen molar-refractivity contribution >= 4 is 16.8 Å². The number of aliphatic hydroxyl groups excluding tert-OH is 1. The van der Waals surface area contributed by atoms with E-state index in [0.29, 0.717) is 10.5 Å². The Morgan fingerprint density at radius 1 is 1.50 bits per heavy atom. The number of carbonyl (C=O) groups is 1. The minimum absolute atomic E-state index is 0.144. The maximum Gasteiger partial charge on any atom is 0.337 e. The highest BCUT2D eigenvalue weighted by Crippen LogP contribution is 2.16. The van der Waals surface area contributed by atoms with Gasteiger partial charge in [0.2, 0.25) is 0 Å². The minimum atomic E-state index is -1.28. The van der Waals surface area contributed by atoms with Gasteiger partial charge in [-0.05, 0) is 24.6 Å². The summed E-state index contributed by atoms with van der Waals surface area (Å²) in [5.41, 5.74) is 1.20. The molecule has 0 aliphatic carbocycles. The van der Waals surface area contributed by atoms with Gasteiger partial charge in [0.25, 0.3) is 0 Å². The predicted octanol–water partition coefficient (Wildman–Crippen LogP) is 0.882. The Morgan fingerprint density at radius 3 is 2.75 bits per heavy atom. The van der Waals surface area contributed by atoms with Crippen LogP contribution in [0.4, 0.5) is 0 Å². The Hall–Kier alpha value is -1.20. The second-order valence-electron chi connectivity index (χ2n) is 3.25. The van der Waals surface area contributed by atoms with E-state index in [2.05, 4.69) is 4.74 Å². The maximum absolute atomic E-state index is 11.7. The van der Waals surface area contributed by atoms with Crippen LogP contribution in [-0.2, 0) is 15.5 Å². The van der Waals surface area contributed by atoms with Gasteiger partial charge in [-0.15, -0.1) is 0 Å². The van der Waals surface area contributed by atoms with Crippen LogP contribution >= 0.6 is 0 Å². The highest BCUT2D eigenvalue weighted by Gasteiger charge is 2.11. The Bertz CT molecular complexity index is 414. The monoisotopic (exact) mass is 242 g/mol. The summed E-state index contributed by atoms with van der Waals surface area (Å²) in [7, 11) is 0.0166. The molecular weight excluding hydrogens is 228 g/mol. The summed E-state index contributed by atoms with van der Waals surface area (Å²) >= 11 is 0. The lowest BCUT2D eigenvalue weighted by Crippen LogP contribution is -2.07. The van der Waals surface area contributed by atoms with Crippen molar-refractivity contribution in [2.24, 2.45) is 0 Å². The van der Waals surface area contributed by atoms with Gasteiger partial charge in [-0.2, -0.15) is 0 Å². The first kappa shape index (κ1) is 12.9. The van der Waals surface area contributed by atoms with Crippen molar-refractivity contribution in [3.05, 3.63) is 29.3 Å². The molecule has 0 amide bonds. The summed E-state index contributed by atoms with van der Waals surface area (Å²) in [4.78, 5) is 11.9. The average Bonchev–Trinajstić information content (AvgIpc) is 2.29. The summed E-state index contributed by atoms with van der Waals surface area (Å²) in [5, 5.41) is 8.73. The van der Waals surface area contributed by atoms with Crippen molar-refractivity contribution < 1.29 is 18.8 Å². The fourth-order valence-corrected chi connectivity index (χ4v) is 2.35. The lowest BCUT2D eigenvalue weighted by Gasteiger charge is -2.07. The summed E-state index contributed by atoms with van der Waals surface area (Å²) in [6.07, 6.45) is 0. The van der Waals surface area contributed by atoms with E-state index in [1.165, 1.54) is 7.11 Å². The van der Waals surface area contributed by atoms with Crippen molar-refractivity contribution in [1.29, 1.82) is 0 Å². The third-order valence-corrected chi connectivity index (χ3v) is 3.61. The second-order valence-corrected chi connectivity index (χ2v) is 4.78. The molecule has 0 aliphatic heterocycles. The quantitative estimate of drug-likeness (QED) is 0.796. The summed E-state index contributed by atoms with van der Waals surface area (Å²) in [5.74, 6) is -0.284. The van der Waals surface area contributed by atoms with Crippen LogP contribution in [-0.4, -0.2) is 34.8 Å². The van der Waals surface area contributed by atoms with Crippen molar-refractivity contribution in [3.8, 4) is 0 Å². The molecule has 0 aliphatic rings. The zero-order valence-corrected chi connectivity index (χ0v) is 10.0. The fraction of sp³-hybridized carbons (Fsp3) is 0.364. The van der Waals surface area contributed by atoms with Crippen LogP contribution in [0.2, 0.25) is 0 Å². The van der Waals surface area contributed by atoms with Crippen LogP contribution in [0.15, 0.2) is 23.1 Å². The lowest BCUT2D eigenvalue weighted by atomic mass is 10.1. The number of benzene rings is 1. The molecule has 5 heteroatoms. The number of aryl methyl sites for hydroxylation is 1. The van der Waals surface area contributed by atoms with Gasteiger partial charge in [0.05, 0.1) is 35.8 Å². The number of ether oxygens (including phenoxy) is 1. The Balaban J connectivity index is 3.08. The number of methoxy groups -OCH3 is 1. The van der Waals surface area contributed by atoms with Gasteiger partial charge in [-0.25, -0.2) is 4.79 Å². The van der Waals surface area contributed by atoms with E-state index < -0.39 is 16.8 Å². The number of aliphatic hydroxyl groups is 1. The van der Waals surface area contributed by atoms with Crippen LogP contribution in [0.25, 0.3) is 0 Å². The smallest absolute Gasteiger partial charge is 0.337 e. The van der Waals surface area contributed by atoms with Crippen molar-refractivity contribution in [2.75, 3.05) is 19.5 Å². The number of carbonyl (C=O) groups excluding carboxylic acids is 1. The molecule has 0 radical (unpaired) electrons. The molecular formula is C11H14O4S. The van der Waals surface area contributed by atoms with Crippen molar-refractivity contribution in [1.82, 2.24) is 0 Å². The molecule has 4 nitrogen and oxygen atoms in total. The largest absolute Gasteiger partial charge is 0.465 e. The number of hydrogen-bond donors (Lipinski definition) is 1. The highest BCUT2D eigenvalue weighted by molar-refractivity contribution is 7.85. The SMILES string of the molecule is COC(=O)c1ccc(C)c(S(=O)CCO)c1. The zero-order chi connectivity index (χ0) is 12.1. The van der Waals surface area contributed by atoms with Gasteiger partial charge in [0.1, 0.15) is 0 Å². The Morgan fingerprint density at radius 2 is 2.19 bits per heavy atom. The fourth-order valence-electron chi connectivity index (χ4n) is 1.28. The third-order valence-electron chi connectivity index (χ3n) is 2.13. The highest BCUT2D eigenvalue weighted by atomic mass is 32.2. The van der Waals surface area contributed by atoms with Gasteiger partial charge in [-0.3, -0.25) is 4.21 Å². The van der Waals surface area contributed by atoms with E-state index >= 15 is 0 Å². The van der Waals surface area contributed by atoms with E-state index in [4.69, 9.17) is 5.11 Å². The molecule has 0 heterocycles. The van der Waals surface area contributed by atoms with E-state index in [1.54, 1.807) is 18.2 Å². The van der Waals surface area contributed by atoms with Crippen molar-refractivity contribution in [2.45, 2.75) is 11.8 Å². The lowest BCUT2D eigenvalue weighted by molar-refractivity contribution is 0.0600. The molecule has 1 unspecified atom stereocenters. The first-order valence-electron chi connectivity index (χ1n) is 4.78. The van der Waals surface area contributed by atoms with Crippen LogP contribution in [0.3, 0.4) is 0 Å². The molecule has 0 aromatic heterocycles. The molecule has 0 saturated heterocycles. The number of hydrogen-bond acceptors (Lipinski definition) is 4. The van der Waals surface area contributed by atoms with Crippen molar-refractivity contribution in [3.63, 3.8) is 0 Å². The number of rotatable bonds is 4. The summed E-state index contributed by atoms with van der Waals surface area (Å²) in [6.45, 7) is 1.67. The molecule has 1 rings (SSSR count). The third kappa shape index (κ3) is 2.90. The van der Waals surface area contributed by atoms with Crippen LogP contribution in [0.1, 0.15) is 15.9 Å². The van der Waals surface area contributed by atoms with Crippen LogP contribution in [0.5, 0.6) is 0 Å². The molecule has 16 heavy (non-hydrogen) atoms. The molecule has 1 aromatic rings. The summed E-state index contributed by atoms with van der Waals surface area (Å²) in [6, 6.07) is 4.89. The Kier molecular flexibility index (Phi) is 4.64. The molecule has 0 fully saturated rings. The molecule has 88 valence electrons. The first-order valence-corrected chi connectivity index (χ1v) is 6.10. The molecule has 1 N–H and O–H groups in total. The minimum Gasteiger partial charge on any atom is -0.465 e. The molecule has 1 aromatic carbocycles. The topological polar surface area (TPSA) is 63.6 Å². The Labute approximate surface area is 96.7 Å². The first-order chi connectivity index (χ1) is 7.60. The van der Waals surface area contributed by atoms with E-state index in [0.717, 1.165) is 5.56 Å². The van der Waals surface area contributed by atoms with Gasteiger partial charge in [-0.1, -0.05) is 6.07 Å². The molecule has 0 bridgehead atoms. The molecule has 1 atom stereocenters. The second kappa shape index (κ2) is 5.77. The van der Waals surface area contributed by atoms with E-state index in [9.17, 15) is 9.00 Å². The van der Waals surface area contributed by atoms with Crippen LogP contribution < -0.4 is 0 Å². The van der Waals surface area contributed by atoms with E-state index in [-0.39, 0.29) is 12.4 Å². The van der Waals surface area contributed by atoms with Gasteiger partial charge < -0.3 is 9.84 Å². The van der Waals surface area contributed by atoms with Crippen LogP contribution in [0, 0.1) is 6.92 Å². The average molecular weight is 242 g/mol. The predicted molar refractivity (Wildman–Crippen MR) is 60.9 cm³/mol. The standard InChI is InChI=1S/C11H14O4S/c1-8-3-4-9(11(13)15-2)7-10(8)16(14)6-5-12/h3-4,7,12H,5-6H2,1-2H3. The molecule has 0 spiro atoms. The normalized spacial score (nSPS) is 12.2. The number of esters is 1. The zero-order valence-electron chi connectivity index (χ0n) is 9.23. The van der Waals surface area contributed by atoms with Gasteiger partial charge in [0.15, 0.2) is 0 Å². The maximum atomic E-state index is 11.7. The van der Waals surface area contributed by atoms with Gasteiger partial charge >= 0.3 is 5.97 Å². The molecule has 0 saturated carbocycles. The summed E-state index contributed by atoms with van der Waals surface area (Å²) < 4.78 is 16.3.